The zero-order valence-corrected chi connectivity index (χ0v) is 18.6. The molecule has 0 fully saturated rings. The minimum atomic E-state index is -0.227. The van der Waals surface area contributed by atoms with E-state index in [4.69, 9.17) is 0 Å². The number of amides is 2. The van der Waals surface area contributed by atoms with Crippen molar-refractivity contribution in [1.29, 1.82) is 0 Å². The molecule has 34 heavy (non-hydrogen) atoms. The van der Waals surface area contributed by atoms with Crippen molar-refractivity contribution in [3.05, 3.63) is 90.1 Å². The molecule has 4 aromatic rings. The number of rotatable bonds is 5. The van der Waals surface area contributed by atoms with Gasteiger partial charge in [0, 0.05) is 28.9 Å². The van der Waals surface area contributed by atoms with Gasteiger partial charge in [-0.3, -0.25) is 9.59 Å². The van der Waals surface area contributed by atoms with Gasteiger partial charge >= 0.3 is 0 Å². The molecule has 7 heteroatoms. The van der Waals surface area contributed by atoms with Crippen molar-refractivity contribution >= 4 is 28.7 Å². The minimum absolute atomic E-state index is 0.0618. The molecule has 7 nitrogen and oxygen atoms in total. The Balaban J connectivity index is 1.29. The molecule has 2 aromatic carbocycles. The highest BCUT2D eigenvalue weighted by Gasteiger charge is 2.16. The van der Waals surface area contributed by atoms with Gasteiger partial charge in [-0.1, -0.05) is 30.4 Å². The Kier molecular flexibility index (Phi) is 6.16. The third-order valence-corrected chi connectivity index (χ3v) is 5.94. The molecule has 1 aliphatic rings. The molecule has 3 N–H and O–H groups in total. The number of imidazole rings is 1. The summed E-state index contributed by atoms with van der Waals surface area (Å²) in [7, 11) is 0. The highest BCUT2D eigenvalue weighted by atomic mass is 16.2. The van der Waals surface area contributed by atoms with Gasteiger partial charge in [-0.2, -0.15) is 0 Å². The minimum Gasteiger partial charge on any atom is -0.349 e. The van der Waals surface area contributed by atoms with Gasteiger partial charge in [0.25, 0.3) is 11.8 Å². The van der Waals surface area contributed by atoms with Crippen molar-refractivity contribution in [3.63, 3.8) is 0 Å². The number of benzene rings is 2. The molecule has 0 bridgehead atoms. The van der Waals surface area contributed by atoms with Crippen LogP contribution in [0.3, 0.4) is 0 Å². The predicted molar refractivity (Wildman–Crippen MR) is 133 cm³/mol. The first kappa shape index (κ1) is 21.6. The molecule has 2 heterocycles. The quantitative estimate of drug-likeness (QED) is 0.367. The average Bonchev–Trinajstić information content (AvgIpc) is 3.13. The number of carbonyl (C=O) groups excluding carboxylic acids is 2. The van der Waals surface area contributed by atoms with E-state index >= 15 is 0 Å². The summed E-state index contributed by atoms with van der Waals surface area (Å²) in [5, 5.41) is 5.93. The standard InChI is InChI=1S/C27H25N5O2/c33-26(32-24-9-5-6-16-28-24)19-12-10-18(11-13-19)25-30-22-15-14-20(17-23(22)31-25)27(34)29-21-7-3-1-2-4-8-21/h1-2,5-6,9-17,21H,3-4,7-8H2,(H,29,34)(H,30,31)(H,28,32,33). The number of fused-ring (bicyclic) bond motifs is 1. The molecular weight excluding hydrogens is 426 g/mol. The smallest absolute Gasteiger partial charge is 0.256 e. The zero-order valence-electron chi connectivity index (χ0n) is 18.6. The van der Waals surface area contributed by atoms with Crippen LogP contribution in [0.15, 0.2) is 79.0 Å². The number of hydrogen-bond acceptors (Lipinski definition) is 4. The first-order chi connectivity index (χ1) is 16.7. The first-order valence-electron chi connectivity index (χ1n) is 11.4. The number of hydrogen-bond donors (Lipinski definition) is 3. The second-order valence-corrected chi connectivity index (χ2v) is 8.36. The summed E-state index contributed by atoms with van der Waals surface area (Å²) in [6, 6.07) is 18.2. The van der Waals surface area contributed by atoms with Crippen molar-refractivity contribution < 1.29 is 9.59 Å². The average molecular weight is 452 g/mol. The number of anilines is 1. The molecule has 0 spiro atoms. The number of nitrogens with one attached hydrogen (secondary N) is 3. The van der Waals surface area contributed by atoms with E-state index in [0.29, 0.717) is 22.8 Å². The van der Waals surface area contributed by atoms with E-state index in [1.165, 1.54) is 0 Å². The molecule has 5 rings (SSSR count). The van der Waals surface area contributed by atoms with Crippen molar-refractivity contribution in [2.75, 3.05) is 5.32 Å². The Bertz CT molecular complexity index is 1330. The maximum absolute atomic E-state index is 12.8. The zero-order chi connectivity index (χ0) is 23.3. The summed E-state index contributed by atoms with van der Waals surface area (Å²) < 4.78 is 0. The third kappa shape index (κ3) is 4.88. The number of pyridine rings is 1. The second kappa shape index (κ2) is 9.70. The third-order valence-electron chi connectivity index (χ3n) is 5.94. The van der Waals surface area contributed by atoms with Gasteiger partial charge in [0.15, 0.2) is 0 Å². The van der Waals surface area contributed by atoms with Crippen LogP contribution in [-0.4, -0.2) is 32.8 Å². The Morgan fingerprint density at radius 1 is 0.882 bits per heavy atom. The highest BCUT2D eigenvalue weighted by molar-refractivity contribution is 6.04. The molecule has 1 aliphatic carbocycles. The Labute approximate surface area is 197 Å². The Morgan fingerprint density at radius 3 is 2.38 bits per heavy atom. The number of allylic oxidation sites excluding steroid dienone is 2. The van der Waals surface area contributed by atoms with Crippen molar-refractivity contribution in [2.24, 2.45) is 0 Å². The summed E-state index contributed by atoms with van der Waals surface area (Å²) in [5.74, 6) is 0.895. The molecule has 0 radical (unpaired) electrons. The van der Waals surface area contributed by atoms with Crippen LogP contribution in [0.5, 0.6) is 0 Å². The fourth-order valence-electron chi connectivity index (χ4n) is 4.08. The summed E-state index contributed by atoms with van der Waals surface area (Å²) >= 11 is 0. The predicted octanol–water partition coefficient (Wildman–Crippen LogP) is 5.11. The van der Waals surface area contributed by atoms with Gasteiger partial charge in [-0.25, -0.2) is 9.97 Å². The number of aromatic amines is 1. The molecule has 0 saturated heterocycles. The molecule has 0 atom stereocenters. The lowest BCUT2D eigenvalue weighted by atomic mass is 10.1. The number of nitrogens with zero attached hydrogens (tertiary/aromatic N) is 2. The van der Waals surface area contributed by atoms with Crippen LogP contribution in [0.4, 0.5) is 5.82 Å². The summed E-state index contributed by atoms with van der Waals surface area (Å²) in [6.07, 6.45) is 9.93. The molecule has 2 aromatic heterocycles. The monoisotopic (exact) mass is 451 g/mol. The lowest BCUT2D eigenvalue weighted by Crippen LogP contribution is -2.34. The van der Waals surface area contributed by atoms with Crippen molar-refractivity contribution in [1.82, 2.24) is 20.3 Å². The van der Waals surface area contributed by atoms with E-state index in [-0.39, 0.29) is 17.9 Å². The summed E-state index contributed by atoms with van der Waals surface area (Å²) in [5.41, 5.74) is 3.56. The summed E-state index contributed by atoms with van der Waals surface area (Å²) in [6.45, 7) is 0. The van der Waals surface area contributed by atoms with Crippen molar-refractivity contribution in [2.45, 2.75) is 31.7 Å². The van der Waals surface area contributed by atoms with Crippen LogP contribution in [0.1, 0.15) is 46.4 Å². The highest BCUT2D eigenvalue weighted by Crippen LogP contribution is 2.22. The fourth-order valence-corrected chi connectivity index (χ4v) is 4.08. The van der Waals surface area contributed by atoms with Gasteiger partial charge in [0.1, 0.15) is 11.6 Å². The topological polar surface area (TPSA) is 99.8 Å². The van der Waals surface area contributed by atoms with Crippen LogP contribution >= 0.6 is 0 Å². The van der Waals surface area contributed by atoms with Crippen LogP contribution in [0.25, 0.3) is 22.4 Å². The second-order valence-electron chi connectivity index (χ2n) is 8.36. The maximum Gasteiger partial charge on any atom is 0.256 e. The fraction of sp³-hybridized carbons (Fsp3) is 0.185. The normalized spacial score (nSPS) is 14.0. The first-order valence-corrected chi connectivity index (χ1v) is 11.4. The summed E-state index contributed by atoms with van der Waals surface area (Å²) in [4.78, 5) is 37.3. The number of aromatic nitrogens is 3. The van der Waals surface area contributed by atoms with Gasteiger partial charge in [-0.15, -0.1) is 0 Å². The largest absolute Gasteiger partial charge is 0.349 e. The molecule has 0 unspecified atom stereocenters. The van der Waals surface area contributed by atoms with Gasteiger partial charge in [0.2, 0.25) is 0 Å². The molecule has 170 valence electrons. The molecule has 2 amide bonds. The van der Waals surface area contributed by atoms with E-state index in [1.807, 2.05) is 36.4 Å². The van der Waals surface area contributed by atoms with E-state index in [2.05, 4.69) is 37.7 Å². The van der Waals surface area contributed by atoms with E-state index < -0.39 is 0 Å². The Hall–Kier alpha value is -4.26. The van der Waals surface area contributed by atoms with Gasteiger partial charge in [0.05, 0.1) is 11.0 Å². The number of H-pyrrole nitrogens is 1. The van der Waals surface area contributed by atoms with Crippen LogP contribution in [0.2, 0.25) is 0 Å². The van der Waals surface area contributed by atoms with Crippen LogP contribution < -0.4 is 10.6 Å². The SMILES string of the molecule is O=C(Nc1ccccn1)c1ccc(-c2nc3ccc(C(=O)NC4CCC=CCC4)cc3[nH]2)cc1. The lowest BCUT2D eigenvalue weighted by molar-refractivity contribution is 0.0933. The Morgan fingerprint density at radius 2 is 1.65 bits per heavy atom. The molecule has 0 aliphatic heterocycles. The van der Waals surface area contributed by atoms with Crippen LogP contribution in [-0.2, 0) is 0 Å². The maximum atomic E-state index is 12.8. The van der Waals surface area contributed by atoms with Gasteiger partial charge < -0.3 is 15.6 Å². The molecular formula is C27H25N5O2. The molecule has 0 saturated carbocycles. The van der Waals surface area contributed by atoms with E-state index in [1.54, 1.807) is 30.5 Å². The number of carbonyl (C=O) groups is 2. The van der Waals surface area contributed by atoms with E-state index in [9.17, 15) is 9.59 Å². The van der Waals surface area contributed by atoms with Crippen molar-refractivity contribution in [3.8, 4) is 11.4 Å². The lowest BCUT2D eigenvalue weighted by Gasteiger charge is -2.16. The van der Waals surface area contributed by atoms with Crippen LogP contribution in [0, 0.1) is 0 Å². The van der Waals surface area contributed by atoms with E-state index in [0.717, 1.165) is 42.3 Å². The van der Waals surface area contributed by atoms with Gasteiger partial charge in [-0.05, 0) is 68.1 Å².